The minimum Gasteiger partial charge on any atom is -0.329 e. The lowest BCUT2D eigenvalue weighted by Crippen LogP contribution is -2.31. The Balaban J connectivity index is 2.24. The second-order valence-corrected chi connectivity index (χ2v) is 4.54. The van der Waals surface area contributed by atoms with E-state index in [1.165, 1.54) is 12.1 Å². The highest BCUT2D eigenvalue weighted by Crippen LogP contribution is 2.45. The number of carbonyl (C=O) groups is 1. The molecular weight excluding hydrogens is 248 g/mol. The highest BCUT2D eigenvalue weighted by atomic mass is 16.6. The molecule has 0 unspecified atom stereocenters. The molecule has 0 aliphatic heterocycles. The first kappa shape index (κ1) is 13.0. The van der Waals surface area contributed by atoms with E-state index in [9.17, 15) is 14.9 Å². The number of non-ortho nitro benzene ring substituents is 1. The molecule has 7 nitrogen and oxygen atoms in total. The van der Waals surface area contributed by atoms with Crippen LogP contribution in [0.4, 0.5) is 11.4 Å². The van der Waals surface area contributed by atoms with Crippen molar-refractivity contribution >= 4 is 17.3 Å². The molecule has 98 valence electrons. The van der Waals surface area contributed by atoms with Crippen LogP contribution in [0, 0.1) is 26.9 Å². The minimum absolute atomic E-state index is 0.0652. The summed E-state index contributed by atoms with van der Waals surface area (Å²) in [7, 11) is 0. The molecule has 0 aromatic heterocycles. The average molecular weight is 260 g/mol. The van der Waals surface area contributed by atoms with Crippen LogP contribution in [0.1, 0.15) is 18.4 Å². The summed E-state index contributed by atoms with van der Waals surface area (Å²) in [5.74, 6) is -0.236. The van der Waals surface area contributed by atoms with Crippen LogP contribution < -0.4 is 11.1 Å². The first-order valence-electron chi connectivity index (χ1n) is 5.72. The first-order valence-corrected chi connectivity index (χ1v) is 5.72. The molecule has 1 aromatic carbocycles. The average Bonchev–Trinajstić information content (AvgIpc) is 3.19. The number of nitrogens with two attached hydrogens (primary N) is 1. The van der Waals surface area contributed by atoms with E-state index in [4.69, 9.17) is 11.0 Å². The molecule has 1 aliphatic carbocycles. The third-order valence-corrected chi connectivity index (χ3v) is 3.31. The van der Waals surface area contributed by atoms with Crippen molar-refractivity contribution in [2.24, 2.45) is 11.1 Å². The van der Waals surface area contributed by atoms with Gasteiger partial charge in [0.05, 0.1) is 21.6 Å². The molecule has 0 heterocycles. The van der Waals surface area contributed by atoms with Gasteiger partial charge in [0, 0.05) is 18.7 Å². The van der Waals surface area contributed by atoms with Gasteiger partial charge in [0.15, 0.2) is 0 Å². The Morgan fingerprint density at radius 3 is 2.74 bits per heavy atom. The topological polar surface area (TPSA) is 122 Å². The lowest BCUT2D eigenvalue weighted by atomic mass is 10.1. The molecule has 2 rings (SSSR count). The Hall–Kier alpha value is -2.46. The number of benzene rings is 1. The number of amides is 1. The molecule has 0 bridgehead atoms. The summed E-state index contributed by atoms with van der Waals surface area (Å²) in [6.45, 7) is 0.258. The van der Waals surface area contributed by atoms with Gasteiger partial charge < -0.3 is 11.1 Å². The summed E-state index contributed by atoms with van der Waals surface area (Å²) < 4.78 is 0. The molecule has 1 amide bonds. The molecule has 0 radical (unpaired) electrons. The normalized spacial score (nSPS) is 15.4. The third kappa shape index (κ3) is 2.39. The maximum absolute atomic E-state index is 12.0. The standard InChI is InChI=1S/C12H12N4O3/c13-6-8-5-9(16(18)19)1-2-10(8)15-11(17)12(7-14)3-4-12/h1-2,5H,3-4,7,14H2,(H,15,17). The van der Waals surface area contributed by atoms with Crippen LogP contribution >= 0.6 is 0 Å². The number of nitro benzene ring substituents is 1. The van der Waals surface area contributed by atoms with E-state index >= 15 is 0 Å². The van der Waals surface area contributed by atoms with Gasteiger partial charge in [-0.25, -0.2) is 0 Å². The van der Waals surface area contributed by atoms with E-state index in [0.717, 1.165) is 18.9 Å². The molecular formula is C12H12N4O3. The van der Waals surface area contributed by atoms with Crippen molar-refractivity contribution in [2.75, 3.05) is 11.9 Å². The van der Waals surface area contributed by atoms with Crippen LogP contribution in [0.15, 0.2) is 18.2 Å². The van der Waals surface area contributed by atoms with Crippen molar-refractivity contribution in [2.45, 2.75) is 12.8 Å². The predicted octanol–water partition coefficient (Wildman–Crippen LogP) is 1.14. The summed E-state index contributed by atoms with van der Waals surface area (Å²) in [4.78, 5) is 22.0. The van der Waals surface area contributed by atoms with Gasteiger partial charge in [-0.05, 0) is 18.9 Å². The largest absolute Gasteiger partial charge is 0.329 e. The van der Waals surface area contributed by atoms with Gasteiger partial charge in [-0.1, -0.05) is 0 Å². The lowest BCUT2D eigenvalue weighted by Gasteiger charge is -2.13. The minimum atomic E-state index is -0.589. The number of hydrogen-bond donors (Lipinski definition) is 2. The summed E-state index contributed by atoms with van der Waals surface area (Å²) in [6, 6.07) is 5.58. The van der Waals surface area contributed by atoms with Crippen LogP contribution in [0.5, 0.6) is 0 Å². The number of rotatable bonds is 4. The molecule has 3 N–H and O–H groups in total. The molecule has 0 saturated heterocycles. The maximum Gasteiger partial charge on any atom is 0.270 e. The van der Waals surface area contributed by atoms with Gasteiger partial charge in [0.2, 0.25) is 5.91 Å². The van der Waals surface area contributed by atoms with Crippen molar-refractivity contribution in [1.29, 1.82) is 5.26 Å². The summed E-state index contributed by atoms with van der Waals surface area (Å²) >= 11 is 0. The number of anilines is 1. The fourth-order valence-electron chi connectivity index (χ4n) is 1.78. The Morgan fingerprint density at radius 1 is 1.58 bits per heavy atom. The van der Waals surface area contributed by atoms with Crippen LogP contribution in [-0.4, -0.2) is 17.4 Å². The van der Waals surface area contributed by atoms with Crippen LogP contribution in [0.2, 0.25) is 0 Å². The van der Waals surface area contributed by atoms with E-state index in [2.05, 4.69) is 5.32 Å². The Bertz CT molecular complexity index is 587. The lowest BCUT2D eigenvalue weighted by molar-refractivity contribution is -0.384. The van der Waals surface area contributed by atoms with E-state index < -0.39 is 10.3 Å². The van der Waals surface area contributed by atoms with Gasteiger partial charge >= 0.3 is 0 Å². The highest BCUT2D eigenvalue weighted by Gasteiger charge is 2.48. The zero-order valence-electron chi connectivity index (χ0n) is 10.0. The van der Waals surface area contributed by atoms with Crippen molar-refractivity contribution in [1.82, 2.24) is 0 Å². The molecule has 0 spiro atoms. The van der Waals surface area contributed by atoms with Crippen molar-refractivity contribution in [3.63, 3.8) is 0 Å². The number of nitriles is 1. The van der Waals surface area contributed by atoms with Gasteiger partial charge in [0.25, 0.3) is 5.69 Å². The third-order valence-electron chi connectivity index (χ3n) is 3.31. The number of nitrogens with one attached hydrogen (secondary N) is 1. The summed E-state index contributed by atoms with van der Waals surface area (Å²) in [6.07, 6.45) is 1.45. The van der Waals surface area contributed by atoms with Gasteiger partial charge in [-0.2, -0.15) is 5.26 Å². The predicted molar refractivity (Wildman–Crippen MR) is 67.2 cm³/mol. The van der Waals surface area contributed by atoms with Crippen molar-refractivity contribution < 1.29 is 9.72 Å². The highest BCUT2D eigenvalue weighted by molar-refractivity contribution is 5.98. The maximum atomic E-state index is 12.0. The number of hydrogen-bond acceptors (Lipinski definition) is 5. The fourth-order valence-corrected chi connectivity index (χ4v) is 1.78. The fraction of sp³-hybridized carbons (Fsp3) is 0.333. The molecule has 19 heavy (non-hydrogen) atoms. The van der Waals surface area contributed by atoms with Gasteiger partial charge in [-0.3, -0.25) is 14.9 Å². The summed E-state index contributed by atoms with van der Waals surface area (Å²) in [5, 5.41) is 22.2. The van der Waals surface area contributed by atoms with Crippen LogP contribution in [-0.2, 0) is 4.79 Å². The number of carbonyl (C=O) groups excluding carboxylic acids is 1. The molecule has 1 aliphatic rings. The molecule has 7 heteroatoms. The van der Waals surface area contributed by atoms with E-state index in [1.54, 1.807) is 0 Å². The van der Waals surface area contributed by atoms with E-state index in [0.29, 0.717) is 0 Å². The quantitative estimate of drug-likeness (QED) is 0.620. The molecule has 1 saturated carbocycles. The Labute approximate surface area is 109 Å². The van der Waals surface area contributed by atoms with Crippen molar-refractivity contribution in [3.8, 4) is 6.07 Å². The summed E-state index contributed by atoms with van der Waals surface area (Å²) in [5.41, 5.74) is 5.16. The second kappa shape index (κ2) is 4.66. The van der Waals surface area contributed by atoms with Gasteiger partial charge in [0.1, 0.15) is 6.07 Å². The zero-order chi connectivity index (χ0) is 14.0. The Kier molecular flexibility index (Phi) is 3.19. The molecule has 0 atom stereocenters. The number of nitro groups is 1. The molecule has 1 fully saturated rings. The first-order chi connectivity index (χ1) is 9.02. The van der Waals surface area contributed by atoms with Gasteiger partial charge in [-0.15, -0.1) is 0 Å². The van der Waals surface area contributed by atoms with Crippen LogP contribution in [0.3, 0.4) is 0 Å². The SMILES string of the molecule is N#Cc1cc([N+](=O)[O-])ccc1NC(=O)C1(CN)CC1. The zero-order valence-corrected chi connectivity index (χ0v) is 10.0. The van der Waals surface area contributed by atoms with Crippen LogP contribution in [0.25, 0.3) is 0 Å². The Morgan fingerprint density at radius 2 is 2.26 bits per heavy atom. The molecule has 1 aromatic rings. The monoisotopic (exact) mass is 260 g/mol. The van der Waals surface area contributed by atoms with E-state index in [1.807, 2.05) is 6.07 Å². The smallest absolute Gasteiger partial charge is 0.270 e. The number of nitrogens with zero attached hydrogens (tertiary/aromatic N) is 2. The second-order valence-electron chi connectivity index (χ2n) is 4.54. The van der Waals surface area contributed by atoms with Crippen molar-refractivity contribution in [3.05, 3.63) is 33.9 Å². The van der Waals surface area contributed by atoms with E-state index in [-0.39, 0.29) is 29.4 Å².